The molecule has 216 valence electrons. The fourth-order valence-electron chi connectivity index (χ4n) is 8.09. The van der Waals surface area contributed by atoms with Gasteiger partial charge in [0.2, 0.25) is 17.7 Å². The van der Waals surface area contributed by atoms with Crippen LogP contribution < -0.4 is 10.6 Å². The number of fused-ring (bicyclic) bond motifs is 1. The lowest BCUT2D eigenvalue weighted by Crippen LogP contribution is -2.59. The lowest BCUT2D eigenvalue weighted by molar-refractivity contribution is -0.145. The third-order valence-corrected chi connectivity index (χ3v) is 10.5. The van der Waals surface area contributed by atoms with Gasteiger partial charge in [0.25, 0.3) is 0 Å². The molecule has 7 nitrogen and oxygen atoms in total. The summed E-state index contributed by atoms with van der Waals surface area (Å²) in [6.07, 6.45) is 11.5. The Hall–Kier alpha value is -2.67. The van der Waals surface area contributed by atoms with Crippen LogP contribution in [0.3, 0.4) is 0 Å². The van der Waals surface area contributed by atoms with Crippen molar-refractivity contribution < 1.29 is 19.1 Å². The number of hydrogen-bond donors (Lipinski definition) is 2. The summed E-state index contributed by atoms with van der Waals surface area (Å²) in [5, 5.41) is 6.41. The molecule has 1 spiro atoms. The molecule has 2 bridgehead atoms. The lowest BCUT2D eigenvalue weighted by Gasteiger charge is -2.40. The quantitative estimate of drug-likeness (QED) is 0.481. The van der Waals surface area contributed by atoms with Crippen molar-refractivity contribution in [2.75, 3.05) is 5.32 Å². The number of likely N-dealkylation sites (tertiary alicyclic amines) is 1. The zero-order valence-corrected chi connectivity index (χ0v) is 24.4. The van der Waals surface area contributed by atoms with E-state index in [4.69, 9.17) is 4.74 Å². The average Bonchev–Trinajstić information content (AvgIpc) is 3.58. The Balaban J connectivity index is 1.29. The summed E-state index contributed by atoms with van der Waals surface area (Å²) in [6.45, 7) is 8.73. The van der Waals surface area contributed by atoms with Crippen LogP contribution in [0.25, 0.3) is 0 Å². The van der Waals surface area contributed by atoms with Crippen molar-refractivity contribution in [2.45, 2.75) is 115 Å². The highest BCUT2D eigenvalue weighted by Crippen LogP contribution is 2.56. The number of carbonyl (C=O) groups is 3. The smallest absolute Gasteiger partial charge is 0.246 e. The minimum absolute atomic E-state index is 0.00783. The maximum absolute atomic E-state index is 14.4. The highest BCUT2D eigenvalue weighted by atomic mass is 16.5. The van der Waals surface area contributed by atoms with Gasteiger partial charge >= 0.3 is 0 Å². The van der Waals surface area contributed by atoms with Crippen LogP contribution in [0.1, 0.15) is 90.5 Å². The van der Waals surface area contributed by atoms with Gasteiger partial charge in [-0.05, 0) is 74.0 Å². The average molecular weight is 548 g/mol. The second kappa shape index (κ2) is 10.6. The lowest BCUT2D eigenvalue weighted by atomic mass is 9.74. The van der Waals surface area contributed by atoms with Gasteiger partial charge in [0.05, 0.1) is 17.9 Å². The molecule has 3 amide bonds. The highest BCUT2D eigenvalue weighted by molar-refractivity contribution is 6.03. The van der Waals surface area contributed by atoms with E-state index < -0.39 is 29.6 Å². The van der Waals surface area contributed by atoms with Gasteiger partial charge in [-0.25, -0.2) is 0 Å². The monoisotopic (exact) mass is 547 g/mol. The van der Waals surface area contributed by atoms with Gasteiger partial charge < -0.3 is 20.3 Å². The van der Waals surface area contributed by atoms with Gasteiger partial charge in [-0.15, -0.1) is 0 Å². The van der Waals surface area contributed by atoms with Crippen LogP contribution in [0, 0.1) is 23.7 Å². The Morgan fingerprint density at radius 1 is 0.975 bits per heavy atom. The van der Waals surface area contributed by atoms with Gasteiger partial charge in [0.15, 0.2) is 0 Å². The predicted molar refractivity (Wildman–Crippen MR) is 155 cm³/mol. The molecule has 2 saturated heterocycles. The minimum Gasteiger partial charge on any atom is -0.359 e. The number of carbonyl (C=O) groups excluding carboxylic acids is 3. The molecule has 7 atom stereocenters. The molecule has 4 fully saturated rings. The van der Waals surface area contributed by atoms with E-state index in [1.165, 1.54) is 12.0 Å². The van der Waals surface area contributed by atoms with Crippen molar-refractivity contribution in [3.8, 4) is 0 Å². The topological polar surface area (TPSA) is 87.7 Å². The Bertz CT molecular complexity index is 1170. The summed E-state index contributed by atoms with van der Waals surface area (Å²) in [6, 6.07) is 7.24. The Kier molecular flexibility index (Phi) is 7.30. The van der Waals surface area contributed by atoms with Gasteiger partial charge in [-0.2, -0.15) is 0 Å². The van der Waals surface area contributed by atoms with Crippen LogP contribution in [0.2, 0.25) is 0 Å². The van der Waals surface area contributed by atoms with E-state index in [0.29, 0.717) is 23.4 Å². The standard InChI is InChI=1S/C33H45N3O4/c1-19(2)22-11-13-23(14-12-22)34-30(37)27-26-17-18-33(40-26)28(27)32(39)36(24-15-9-20(3)10-16-24)29(33)31(38)35-25-8-6-5-7-21(25)4/h11-14,17-21,24-29H,5-10,15-16H2,1-4H3,(H,34,37)(H,35,38)/t20?,21-,24?,25-,26-,27-,28-,29+,33+/m1/s1. The zero-order chi connectivity index (χ0) is 28.2. The van der Waals surface area contributed by atoms with Gasteiger partial charge in [-0.1, -0.05) is 64.8 Å². The van der Waals surface area contributed by atoms with Crippen LogP contribution in [0.15, 0.2) is 36.4 Å². The molecule has 2 saturated carbocycles. The second-order valence-electron chi connectivity index (χ2n) is 13.5. The van der Waals surface area contributed by atoms with Gasteiger partial charge in [-0.3, -0.25) is 14.4 Å². The van der Waals surface area contributed by atoms with Crippen LogP contribution in [-0.2, 0) is 19.1 Å². The molecule has 7 heteroatoms. The predicted octanol–water partition coefficient (Wildman–Crippen LogP) is 5.17. The second-order valence-corrected chi connectivity index (χ2v) is 13.5. The van der Waals surface area contributed by atoms with E-state index in [9.17, 15) is 14.4 Å². The molecule has 40 heavy (non-hydrogen) atoms. The number of hydrogen-bond acceptors (Lipinski definition) is 4. The molecule has 0 aromatic heterocycles. The Morgan fingerprint density at radius 2 is 1.68 bits per heavy atom. The number of nitrogens with one attached hydrogen (secondary N) is 2. The highest BCUT2D eigenvalue weighted by Gasteiger charge is 2.73. The number of ether oxygens (including phenoxy) is 1. The summed E-state index contributed by atoms with van der Waals surface area (Å²) >= 11 is 0. The van der Waals surface area contributed by atoms with Crippen molar-refractivity contribution in [2.24, 2.45) is 23.7 Å². The first kappa shape index (κ1) is 27.5. The molecule has 3 aliphatic heterocycles. The van der Waals surface area contributed by atoms with Crippen molar-refractivity contribution in [3.63, 3.8) is 0 Å². The third kappa shape index (κ3) is 4.58. The van der Waals surface area contributed by atoms with Crippen molar-refractivity contribution in [1.29, 1.82) is 0 Å². The number of rotatable bonds is 6. The van der Waals surface area contributed by atoms with E-state index in [1.54, 1.807) is 0 Å². The van der Waals surface area contributed by atoms with Crippen LogP contribution in [-0.4, -0.2) is 52.5 Å². The molecule has 1 aromatic rings. The first-order valence-electron chi connectivity index (χ1n) is 15.6. The number of anilines is 1. The number of benzene rings is 1. The summed E-state index contributed by atoms with van der Waals surface area (Å²) in [5.74, 6) is -0.375. The zero-order valence-electron chi connectivity index (χ0n) is 24.4. The van der Waals surface area contributed by atoms with Gasteiger partial charge in [0, 0.05) is 17.8 Å². The minimum atomic E-state index is -1.10. The van der Waals surface area contributed by atoms with E-state index in [0.717, 1.165) is 44.9 Å². The molecule has 0 radical (unpaired) electrons. The maximum Gasteiger partial charge on any atom is 0.246 e. The van der Waals surface area contributed by atoms with Crippen LogP contribution in [0.4, 0.5) is 5.69 Å². The van der Waals surface area contributed by atoms with E-state index in [1.807, 2.05) is 41.3 Å². The van der Waals surface area contributed by atoms with Gasteiger partial charge in [0.1, 0.15) is 11.6 Å². The normalized spacial score (nSPS) is 38.5. The molecule has 2 N–H and O–H groups in total. The third-order valence-electron chi connectivity index (χ3n) is 10.5. The number of amides is 3. The van der Waals surface area contributed by atoms with E-state index >= 15 is 0 Å². The summed E-state index contributed by atoms with van der Waals surface area (Å²) < 4.78 is 6.57. The SMILES string of the molecule is CC1CCC(N2C(=O)[C@H]3[C@H](C(=O)Nc4ccc(C(C)C)cc4)[C@H]4C=C[C@@]3(O4)[C@@H]2C(=O)N[C@@H]2CCCC[C@H]2C)CC1. The summed E-state index contributed by atoms with van der Waals surface area (Å²) in [4.78, 5) is 44.2. The Morgan fingerprint density at radius 3 is 2.35 bits per heavy atom. The molecular weight excluding hydrogens is 502 g/mol. The first-order valence-corrected chi connectivity index (χ1v) is 15.6. The summed E-state index contributed by atoms with van der Waals surface area (Å²) in [5.41, 5.74) is 0.808. The van der Waals surface area contributed by atoms with Crippen molar-refractivity contribution in [1.82, 2.24) is 10.2 Å². The van der Waals surface area contributed by atoms with E-state index in [2.05, 4.69) is 38.3 Å². The Labute approximate surface area is 238 Å². The molecule has 1 aromatic carbocycles. The maximum atomic E-state index is 14.4. The first-order chi connectivity index (χ1) is 19.2. The molecule has 0 unspecified atom stereocenters. The molecule has 2 aliphatic carbocycles. The molecule has 3 heterocycles. The number of nitrogens with zero attached hydrogens (tertiary/aromatic N) is 1. The van der Waals surface area contributed by atoms with Crippen molar-refractivity contribution in [3.05, 3.63) is 42.0 Å². The van der Waals surface area contributed by atoms with Crippen LogP contribution in [0.5, 0.6) is 0 Å². The molecule has 5 aliphatic rings. The van der Waals surface area contributed by atoms with Crippen LogP contribution >= 0.6 is 0 Å². The fourth-order valence-corrected chi connectivity index (χ4v) is 8.09. The largest absolute Gasteiger partial charge is 0.359 e. The fraction of sp³-hybridized carbons (Fsp3) is 0.667. The van der Waals surface area contributed by atoms with Crippen molar-refractivity contribution >= 4 is 23.4 Å². The summed E-state index contributed by atoms with van der Waals surface area (Å²) in [7, 11) is 0. The van der Waals surface area contributed by atoms with E-state index in [-0.39, 0.29) is 29.8 Å². The molecule has 6 rings (SSSR count). The molecular formula is C33H45N3O4.